The Morgan fingerprint density at radius 3 is 2.43 bits per heavy atom. The average Bonchev–Trinajstić information content (AvgIpc) is 2.90. The molecular formula is C15H21N5O. The Kier molecular flexibility index (Phi) is 4.45. The molecule has 1 aromatic heterocycles. The largest absolute Gasteiger partial charge is 0.353 e. The molecule has 6 heteroatoms. The van der Waals surface area contributed by atoms with E-state index in [1.54, 1.807) is 0 Å². The first-order valence-electron chi connectivity index (χ1n) is 7.60. The monoisotopic (exact) mass is 287 g/mol. The van der Waals surface area contributed by atoms with E-state index >= 15 is 0 Å². The molecule has 112 valence electrons. The Hall–Kier alpha value is -1.95. The van der Waals surface area contributed by atoms with Crippen LogP contribution in [0.4, 0.5) is 0 Å². The lowest BCUT2D eigenvalue weighted by Gasteiger charge is -2.26. The van der Waals surface area contributed by atoms with Crippen molar-refractivity contribution in [2.45, 2.75) is 25.8 Å². The third kappa shape index (κ3) is 3.78. The van der Waals surface area contributed by atoms with Crippen LogP contribution in [-0.4, -0.2) is 52.0 Å². The maximum atomic E-state index is 11.9. The van der Waals surface area contributed by atoms with E-state index < -0.39 is 0 Å². The number of nitrogens with one attached hydrogen (secondary N) is 1. The van der Waals surface area contributed by atoms with E-state index in [2.05, 4.69) is 20.4 Å². The molecule has 2 heterocycles. The summed E-state index contributed by atoms with van der Waals surface area (Å²) in [5.74, 6) is -0.0349. The normalized spacial score (nSPS) is 16.2. The summed E-state index contributed by atoms with van der Waals surface area (Å²) in [7, 11) is 0. The molecule has 0 atom stereocenters. The number of aromatic nitrogens is 3. The summed E-state index contributed by atoms with van der Waals surface area (Å²) in [4.78, 5) is 15.8. The number of carbonyl (C=O) groups is 1. The molecular weight excluding hydrogens is 266 g/mol. The molecule has 0 radical (unpaired) electrons. The van der Waals surface area contributed by atoms with Crippen LogP contribution < -0.4 is 5.32 Å². The van der Waals surface area contributed by atoms with Gasteiger partial charge in [-0.15, -0.1) is 0 Å². The van der Waals surface area contributed by atoms with Gasteiger partial charge in [-0.1, -0.05) is 18.6 Å². The second-order valence-electron chi connectivity index (χ2n) is 5.47. The Bertz CT molecular complexity index is 570. The number of amides is 1. The molecule has 3 rings (SSSR count). The standard InChI is InChI=1S/C15H21N5O/c21-15(16-8-11-19-9-4-1-5-10-19)12-20-17-13-6-2-3-7-14(13)18-20/h2-3,6-7H,1,4-5,8-12H2,(H,16,21). The van der Waals surface area contributed by atoms with Crippen molar-refractivity contribution < 1.29 is 4.79 Å². The first-order valence-corrected chi connectivity index (χ1v) is 7.60. The second-order valence-corrected chi connectivity index (χ2v) is 5.47. The van der Waals surface area contributed by atoms with Gasteiger partial charge in [0.25, 0.3) is 0 Å². The number of fused-ring (bicyclic) bond motifs is 1. The van der Waals surface area contributed by atoms with Gasteiger partial charge in [0.1, 0.15) is 17.6 Å². The van der Waals surface area contributed by atoms with Crippen molar-refractivity contribution in [1.29, 1.82) is 0 Å². The molecule has 1 aliphatic heterocycles. The van der Waals surface area contributed by atoms with Crippen molar-refractivity contribution in [2.75, 3.05) is 26.2 Å². The molecule has 0 aliphatic carbocycles. The first kappa shape index (κ1) is 14.0. The highest BCUT2D eigenvalue weighted by Gasteiger charge is 2.10. The second kappa shape index (κ2) is 6.67. The molecule has 0 saturated carbocycles. The third-order valence-electron chi connectivity index (χ3n) is 3.81. The zero-order valence-corrected chi connectivity index (χ0v) is 12.2. The Morgan fingerprint density at radius 1 is 1.10 bits per heavy atom. The Labute approximate surface area is 124 Å². The van der Waals surface area contributed by atoms with Gasteiger partial charge in [-0.2, -0.15) is 15.0 Å². The molecule has 6 nitrogen and oxygen atoms in total. The molecule has 1 N–H and O–H groups in total. The highest BCUT2D eigenvalue weighted by molar-refractivity contribution is 5.77. The lowest BCUT2D eigenvalue weighted by molar-refractivity contribution is -0.122. The van der Waals surface area contributed by atoms with Crippen LogP contribution in [0.15, 0.2) is 24.3 Å². The maximum Gasteiger partial charge on any atom is 0.243 e. The van der Waals surface area contributed by atoms with Crippen molar-refractivity contribution in [2.24, 2.45) is 0 Å². The summed E-state index contributed by atoms with van der Waals surface area (Å²) in [5.41, 5.74) is 1.64. The number of benzene rings is 1. The van der Waals surface area contributed by atoms with Crippen LogP contribution in [0.1, 0.15) is 19.3 Å². The smallest absolute Gasteiger partial charge is 0.243 e. The van der Waals surface area contributed by atoms with Crippen LogP contribution >= 0.6 is 0 Å². The number of nitrogens with zero attached hydrogens (tertiary/aromatic N) is 4. The number of hydrogen-bond acceptors (Lipinski definition) is 4. The summed E-state index contributed by atoms with van der Waals surface area (Å²) < 4.78 is 0. The fourth-order valence-electron chi connectivity index (χ4n) is 2.70. The molecule has 1 amide bonds. The van der Waals surface area contributed by atoms with Gasteiger partial charge in [0.15, 0.2) is 0 Å². The summed E-state index contributed by atoms with van der Waals surface area (Å²) in [6.45, 7) is 4.11. The minimum atomic E-state index is -0.0349. The lowest BCUT2D eigenvalue weighted by Crippen LogP contribution is -2.38. The van der Waals surface area contributed by atoms with Crippen LogP contribution in [-0.2, 0) is 11.3 Å². The highest BCUT2D eigenvalue weighted by atomic mass is 16.2. The molecule has 1 saturated heterocycles. The van der Waals surface area contributed by atoms with Gasteiger partial charge in [-0.05, 0) is 38.1 Å². The third-order valence-corrected chi connectivity index (χ3v) is 3.81. The molecule has 0 unspecified atom stereocenters. The predicted octanol–water partition coefficient (Wildman–Crippen LogP) is 1.03. The van der Waals surface area contributed by atoms with Gasteiger partial charge >= 0.3 is 0 Å². The van der Waals surface area contributed by atoms with Crippen molar-refractivity contribution in [3.8, 4) is 0 Å². The van der Waals surface area contributed by atoms with Crippen molar-refractivity contribution >= 4 is 16.9 Å². The van der Waals surface area contributed by atoms with Crippen molar-refractivity contribution in [3.63, 3.8) is 0 Å². The minimum Gasteiger partial charge on any atom is -0.353 e. The van der Waals surface area contributed by atoms with Crippen LogP contribution in [0.3, 0.4) is 0 Å². The SMILES string of the molecule is O=C(Cn1nc2ccccc2n1)NCCN1CCCCC1. The average molecular weight is 287 g/mol. The van der Waals surface area contributed by atoms with Crippen LogP contribution in [0.5, 0.6) is 0 Å². The van der Waals surface area contributed by atoms with E-state index in [4.69, 9.17) is 0 Å². The summed E-state index contributed by atoms with van der Waals surface area (Å²) in [6.07, 6.45) is 3.89. The summed E-state index contributed by atoms with van der Waals surface area (Å²) >= 11 is 0. The molecule has 2 aromatic rings. The molecule has 1 aromatic carbocycles. The quantitative estimate of drug-likeness (QED) is 0.892. The lowest BCUT2D eigenvalue weighted by atomic mass is 10.1. The molecule has 21 heavy (non-hydrogen) atoms. The van der Waals surface area contributed by atoms with Gasteiger partial charge in [0.05, 0.1) is 0 Å². The maximum absolute atomic E-state index is 11.9. The van der Waals surface area contributed by atoms with E-state index in [0.29, 0.717) is 6.54 Å². The number of likely N-dealkylation sites (tertiary alicyclic amines) is 1. The number of rotatable bonds is 5. The number of hydrogen-bond donors (Lipinski definition) is 1. The zero-order chi connectivity index (χ0) is 14.5. The predicted molar refractivity (Wildman–Crippen MR) is 80.8 cm³/mol. The topological polar surface area (TPSA) is 63.1 Å². The van der Waals surface area contributed by atoms with Gasteiger partial charge in [0, 0.05) is 13.1 Å². The fraction of sp³-hybridized carbons (Fsp3) is 0.533. The molecule has 0 bridgehead atoms. The number of carbonyl (C=O) groups excluding carboxylic acids is 1. The summed E-state index contributed by atoms with van der Waals surface area (Å²) in [5, 5.41) is 11.5. The highest BCUT2D eigenvalue weighted by Crippen LogP contribution is 2.08. The molecule has 0 spiro atoms. The van der Waals surface area contributed by atoms with Crippen molar-refractivity contribution in [1.82, 2.24) is 25.2 Å². The molecule has 1 fully saturated rings. The Balaban J connectivity index is 1.45. The summed E-state index contributed by atoms with van der Waals surface area (Å²) in [6, 6.07) is 7.63. The van der Waals surface area contributed by atoms with Gasteiger partial charge in [0.2, 0.25) is 5.91 Å². The first-order chi connectivity index (χ1) is 10.3. The molecule has 1 aliphatic rings. The minimum absolute atomic E-state index is 0.0349. The van der Waals surface area contributed by atoms with Gasteiger partial charge < -0.3 is 10.2 Å². The Morgan fingerprint density at radius 2 is 1.76 bits per heavy atom. The van der Waals surface area contributed by atoms with E-state index in [1.165, 1.54) is 24.1 Å². The van der Waals surface area contributed by atoms with E-state index in [1.807, 2.05) is 24.3 Å². The van der Waals surface area contributed by atoms with E-state index in [9.17, 15) is 4.79 Å². The van der Waals surface area contributed by atoms with Crippen LogP contribution in [0.2, 0.25) is 0 Å². The van der Waals surface area contributed by atoms with Gasteiger partial charge in [-0.25, -0.2) is 0 Å². The zero-order valence-electron chi connectivity index (χ0n) is 12.2. The van der Waals surface area contributed by atoms with E-state index in [-0.39, 0.29) is 12.5 Å². The van der Waals surface area contributed by atoms with Crippen LogP contribution in [0, 0.1) is 0 Å². The van der Waals surface area contributed by atoms with Gasteiger partial charge in [-0.3, -0.25) is 4.79 Å². The fourth-order valence-corrected chi connectivity index (χ4v) is 2.70. The van der Waals surface area contributed by atoms with E-state index in [0.717, 1.165) is 30.7 Å². The number of piperidine rings is 1. The van der Waals surface area contributed by atoms with Crippen LogP contribution in [0.25, 0.3) is 11.0 Å². The van der Waals surface area contributed by atoms with Crippen molar-refractivity contribution in [3.05, 3.63) is 24.3 Å².